The average Bonchev–Trinajstić information content (AvgIpc) is 2.59. The van der Waals surface area contributed by atoms with Crippen molar-refractivity contribution in [2.45, 2.75) is 52.2 Å². The topological polar surface area (TPSA) is 49.4 Å². The van der Waals surface area contributed by atoms with E-state index >= 15 is 0 Å². The smallest absolute Gasteiger partial charge is 0.242 e. The molecule has 0 unspecified atom stereocenters. The van der Waals surface area contributed by atoms with Crippen LogP contribution in [-0.2, 0) is 22.6 Å². The Labute approximate surface area is 176 Å². The van der Waals surface area contributed by atoms with Gasteiger partial charge in [-0.15, -0.1) is 0 Å². The maximum absolute atomic E-state index is 13.1. The molecule has 6 heteroatoms. The van der Waals surface area contributed by atoms with Gasteiger partial charge in [-0.25, -0.2) is 0 Å². The average molecular weight is 421 g/mol. The van der Waals surface area contributed by atoms with Crippen LogP contribution in [0, 0.1) is 0 Å². The summed E-state index contributed by atoms with van der Waals surface area (Å²) in [4.78, 5) is 27.4. The van der Waals surface area contributed by atoms with Crippen molar-refractivity contribution in [3.8, 4) is 0 Å². The first kappa shape index (κ1) is 22.3. The van der Waals surface area contributed by atoms with E-state index in [0.717, 1.165) is 11.1 Å². The molecule has 1 N–H and O–H groups in total. The molecule has 28 heavy (non-hydrogen) atoms. The monoisotopic (exact) mass is 420 g/mol. The fourth-order valence-electron chi connectivity index (χ4n) is 2.79. The van der Waals surface area contributed by atoms with Crippen molar-refractivity contribution >= 4 is 35.0 Å². The molecule has 0 saturated carbocycles. The van der Waals surface area contributed by atoms with Crippen LogP contribution in [0.3, 0.4) is 0 Å². The molecule has 0 saturated heterocycles. The van der Waals surface area contributed by atoms with Crippen LogP contribution in [0.25, 0.3) is 0 Å². The normalized spacial score (nSPS) is 12.4. The molecule has 0 aliphatic rings. The number of hydrogen-bond acceptors (Lipinski definition) is 2. The molecule has 4 nitrogen and oxygen atoms in total. The molecule has 150 valence electrons. The Kier molecular flexibility index (Phi) is 7.50. The fourth-order valence-corrected chi connectivity index (χ4v) is 3.20. The Morgan fingerprint density at radius 3 is 2.36 bits per heavy atom. The van der Waals surface area contributed by atoms with E-state index in [9.17, 15) is 9.59 Å². The number of carbonyl (C=O) groups excluding carboxylic acids is 2. The Morgan fingerprint density at radius 1 is 1.07 bits per heavy atom. The molecule has 2 amide bonds. The van der Waals surface area contributed by atoms with Crippen molar-refractivity contribution in [3.63, 3.8) is 0 Å². The third-order valence-corrected chi connectivity index (χ3v) is 4.81. The number of benzene rings is 2. The van der Waals surface area contributed by atoms with E-state index in [1.165, 1.54) is 0 Å². The van der Waals surface area contributed by atoms with Crippen LogP contribution in [0.15, 0.2) is 48.5 Å². The summed E-state index contributed by atoms with van der Waals surface area (Å²) in [5, 5.41) is 4.07. The van der Waals surface area contributed by atoms with Crippen LogP contribution in [0.4, 0.5) is 0 Å². The highest BCUT2D eigenvalue weighted by Crippen LogP contribution is 2.20. The molecule has 2 aromatic rings. The molecule has 0 radical (unpaired) electrons. The number of hydrogen-bond donors (Lipinski definition) is 1. The van der Waals surface area contributed by atoms with Crippen LogP contribution in [-0.4, -0.2) is 28.3 Å². The van der Waals surface area contributed by atoms with Crippen LogP contribution < -0.4 is 5.32 Å². The zero-order valence-electron chi connectivity index (χ0n) is 16.6. The van der Waals surface area contributed by atoms with E-state index < -0.39 is 11.6 Å². The van der Waals surface area contributed by atoms with E-state index in [-0.39, 0.29) is 24.8 Å². The number of carbonyl (C=O) groups is 2. The zero-order valence-corrected chi connectivity index (χ0v) is 18.1. The molecule has 0 heterocycles. The summed E-state index contributed by atoms with van der Waals surface area (Å²) < 4.78 is 0. The molecule has 0 spiro atoms. The van der Waals surface area contributed by atoms with Crippen molar-refractivity contribution in [2.24, 2.45) is 0 Å². The number of amides is 2. The van der Waals surface area contributed by atoms with E-state index in [4.69, 9.17) is 23.2 Å². The second-order valence-electron chi connectivity index (χ2n) is 7.83. The molecule has 0 bridgehead atoms. The Bertz CT molecular complexity index is 846. The minimum absolute atomic E-state index is 0.151. The minimum Gasteiger partial charge on any atom is -0.350 e. The first-order chi connectivity index (χ1) is 13.1. The van der Waals surface area contributed by atoms with Crippen LogP contribution in [0.2, 0.25) is 10.0 Å². The second kappa shape index (κ2) is 9.44. The first-order valence-electron chi connectivity index (χ1n) is 9.16. The molecular weight excluding hydrogens is 395 g/mol. The number of nitrogens with one attached hydrogen (secondary N) is 1. The molecule has 1 atom stereocenters. The second-order valence-corrected chi connectivity index (χ2v) is 8.68. The van der Waals surface area contributed by atoms with Crippen molar-refractivity contribution in [2.75, 3.05) is 0 Å². The number of halogens is 2. The van der Waals surface area contributed by atoms with Gasteiger partial charge in [0, 0.05) is 22.1 Å². The van der Waals surface area contributed by atoms with Gasteiger partial charge in [0.25, 0.3) is 0 Å². The van der Waals surface area contributed by atoms with Gasteiger partial charge in [-0.3, -0.25) is 9.59 Å². The van der Waals surface area contributed by atoms with Gasteiger partial charge in [-0.1, -0.05) is 53.5 Å². The standard InChI is InChI=1S/C22H26Cl2N2O2/c1-15(21(28)25-22(2,3)4)26(14-17-9-5-6-11-19(17)24)20(27)13-16-8-7-10-18(23)12-16/h5-12,15H,13-14H2,1-4H3,(H,25,28)/t15-/m0/s1. The fraction of sp³-hybridized carbons (Fsp3) is 0.364. The van der Waals surface area contributed by atoms with Gasteiger partial charge in [0.1, 0.15) is 6.04 Å². The van der Waals surface area contributed by atoms with Crippen molar-refractivity contribution in [1.29, 1.82) is 0 Å². The van der Waals surface area contributed by atoms with Crippen LogP contribution >= 0.6 is 23.2 Å². The Morgan fingerprint density at radius 2 is 1.75 bits per heavy atom. The molecule has 0 aliphatic carbocycles. The molecular formula is C22H26Cl2N2O2. The highest BCUT2D eigenvalue weighted by molar-refractivity contribution is 6.31. The van der Waals surface area contributed by atoms with Gasteiger partial charge in [0.2, 0.25) is 11.8 Å². The van der Waals surface area contributed by atoms with Gasteiger partial charge in [-0.2, -0.15) is 0 Å². The molecule has 2 aromatic carbocycles. The van der Waals surface area contributed by atoms with Gasteiger partial charge in [-0.05, 0) is 57.0 Å². The Balaban J connectivity index is 2.27. The SMILES string of the molecule is C[C@@H](C(=O)NC(C)(C)C)N(Cc1ccccc1Cl)C(=O)Cc1cccc(Cl)c1. The molecule has 0 fully saturated rings. The third-order valence-electron chi connectivity index (χ3n) is 4.21. The largest absolute Gasteiger partial charge is 0.350 e. The minimum atomic E-state index is -0.651. The maximum Gasteiger partial charge on any atom is 0.242 e. The van der Waals surface area contributed by atoms with Crippen LogP contribution in [0.1, 0.15) is 38.8 Å². The van der Waals surface area contributed by atoms with Gasteiger partial charge < -0.3 is 10.2 Å². The lowest BCUT2D eigenvalue weighted by atomic mass is 10.1. The molecule has 0 aliphatic heterocycles. The van der Waals surface area contributed by atoms with Crippen molar-refractivity contribution in [1.82, 2.24) is 10.2 Å². The summed E-state index contributed by atoms with van der Waals surface area (Å²) in [5.41, 5.74) is 1.20. The van der Waals surface area contributed by atoms with Crippen molar-refractivity contribution in [3.05, 3.63) is 69.7 Å². The quantitative estimate of drug-likeness (QED) is 0.724. The number of nitrogens with zero attached hydrogens (tertiary/aromatic N) is 1. The lowest BCUT2D eigenvalue weighted by Crippen LogP contribution is -2.52. The maximum atomic E-state index is 13.1. The van der Waals surface area contributed by atoms with E-state index in [1.54, 1.807) is 36.1 Å². The highest BCUT2D eigenvalue weighted by atomic mass is 35.5. The molecule has 0 aromatic heterocycles. The van der Waals surface area contributed by atoms with E-state index in [2.05, 4.69) is 5.32 Å². The summed E-state index contributed by atoms with van der Waals surface area (Å²) in [6, 6.07) is 13.8. The lowest BCUT2D eigenvalue weighted by molar-refractivity contribution is -0.140. The lowest BCUT2D eigenvalue weighted by Gasteiger charge is -2.31. The first-order valence-corrected chi connectivity index (χ1v) is 9.92. The Hall–Kier alpha value is -2.04. The summed E-state index contributed by atoms with van der Waals surface area (Å²) >= 11 is 12.3. The van der Waals surface area contributed by atoms with Gasteiger partial charge >= 0.3 is 0 Å². The van der Waals surface area contributed by atoms with Gasteiger partial charge in [0.15, 0.2) is 0 Å². The summed E-state index contributed by atoms with van der Waals surface area (Å²) in [6.07, 6.45) is 0.151. The summed E-state index contributed by atoms with van der Waals surface area (Å²) in [6.45, 7) is 7.70. The van der Waals surface area contributed by atoms with Gasteiger partial charge in [0.05, 0.1) is 6.42 Å². The zero-order chi connectivity index (χ0) is 20.9. The third kappa shape index (κ3) is 6.54. The number of rotatable bonds is 6. The predicted molar refractivity (Wildman–Crippen MR) is 115 cm³/mol. The van der Waals surface area contributed by atoms with Crippen LogP contribution in [0.5, 0.6) is 0 Å². The van der Waals surface area contributed by atoms with E-state index in [1.807, 2.05) is 45.0 Å². The van der Waals surface area contributed by atoms with Crippen molar-refractivity contribution < 1.29 is 9.59 Å². The summed E-state index contributed by atoms with van der Waals surface area (Å²) in [5.74, 6) is -0.377. The molecule has 2 rings (SSSR count). The highest BCUT2D eigenvalue weighted by Gasteiger charge is 2.28. The predicted octanol–water partition coefficient (Wildman–Crippen LogP) is 4.87. The summed E-state index contributed by atoms with van der Waals surface area (Å²) in [7, 11) is 0. The van der Waals surface area contributed by atoms with E-state index in [0.29, 0.717) is 10.0 Å².